The molecule has 0 atom stereocenters. The Labute approximate surface area is 130 Å². The molecule has 5 heteroatoms. The van der Waals surface area contributed by atoms with Crippen LogP contribution < -0.4 is 10.6 Å². The van der Waals surface area contributed by atoms with E-state index in [-0.39, 0.29) is 12.5 Å². The van der Waals surface area contributed by atoms with Crippen LogP contribution >= 0.6 is 22.6 Å². The third-order valence-electron chi connectivity index (χ3n) is 2.62. The first kappa shape index (κ1) is 14.3. The van der Waals surface area contributed by atoms with E-state index in [2.05, 4.69) is 39.3 Å². The summed E-state index contributed by atoms with van der Waals surface area (Å²) in [7, 11) is 0. The van der Waals surface area contributed by atoms with Gasteiger partial charge in [0.1, 0.15) is 0 Å². The number of nitrogens with one attached hydrogen (secondary N) is 2. The first-order chi connectivity index (χ1) is 9.69. The Balaban J connectivity index is 1.89. The normalized spacial score (nSPS) is 9.60. The number of nitrogens with zero attached hydrogens (tertiary/aromatic N) is 1. The molecule has 0 aliphatic heterocycles. The van der Waals surface area contributed by atoms with Crippen molar-refractivity contribution in [3.8, 4) is 6.07 Å². The Morgan fingerprint density at radius 2 is 1.85 bits per heavy atom. The Bertz CT molecular complexity index is 647. The number of amides is 1. The van der Waals surface area contributed by atoms with E-state index in [1.165, 1.54) is 0 Å². The highest BCUT2D eigenvalue weighted by molar-refractivity contribution is 14.1. The summed E-state index contributed by atoms with van der Waals surface area (Å²) in [6, 6.07) is 16.6. The second-order valence-corrected chi connectivity index (χ2v) is 5.23. The molecular formula is C15H12IN3O. The molecule has 0 unspecified atom stereocenters. The molecule has 100 valence electrons. The highest BCUT2D eigenvalue weighted by Gasteiger charge is 2.04. The summed E-state index contributed by atoms with van der Waals surface area (Å²) < 4.78 is 0.997. The molecule has 0 aromatic heterocycles. The Hall–Kier alpha value is -2.07. The van der Waals surface area contributed by atoms with Crippen molar-refractivity contribution in [2.45, 2.75) is 0 Å². The molecule has 0 heterocycles. The minimum atomic E-state index is -0.113. The van der Waals surface area contributed by atoms with Crippen LogP contribution in [0.25, 0.3) is 0 Å². The van der Waals surface area contributed by atoms with Crippen molar-refractivity contribution >= 4 is 39.9 Å². The lowest BCUT2D eigenvalue weighted by Gasteiger charge is -2.09. The second kappa shape index (κ2) is 6.91. The summed E-state index contributed by atoms with van der Waals surface area (Å²) in [6.07, 6.45) is 0. The molecule has 4 nitrogen and oxygen atoms in total. The number of hydrogen-bond acceptors (Lipinski definition) is 3. The van der Waals surface area contributed by atoms with Crippen LogP contribution in [0.5, 0.6) is 0 Å². The fourth-order valence-corrected chi connectivity index (χ4v) is 2.12. The Kier molecular flexibility index (Phi) is 4.96. The van der Waals surface area contributed by atoms with Gasteiger partial charge in [-0.3, -0.25) is 4.79 Å². The van der Waals surface area contributed by atoms with Gasteiger partial charge in [-0.15, -0.1) is 0 Å². The average molecular weight is 377 g/mol. The zero-order valence-corrected chi connectivity index (χ0v) is 12.7. The zero-order valence-electron chi connectivity index (χ0n) is 10.6. The third kappa shape index (κ3) is 3.96. The molecule has 0 saturated carbocycles. The molecule has 0 bridgehead atoms. The molecule has 2 aromatic rings. The maximum absolute atomic E-state index is 11.8. The van der Waals surface area contributed by atoms with Gasteiger partial charge in [0, 0.05) is 9.26 Å². The van der Waals surface area contributed by atoms with E-state index in [0.717, 1.165) is 14.9 Å². The van der Waals surface area contributed by atoms with E-state index < -0.39 is 0 Å². The number of para-hydroxylation sites is 1. The SMILES string of the molecule is N#Cc1ccc(NCC(=O)Nc2ccccc2I)cc1. The lowest BCUT2D eigenvalue weighted by Crippen LogP contribution is -2.22. The number of benzene rings is 2. The van der Waals surface area contributed by atoms with Crippen LogP contribution in [-0.4, -0.2) is 12.5 Å². The fourth-order valence-electron chi connectivity index (χ4n) is 1.60. The minimum absolute atomic E-state index is 0.113. The summed E-state index contributed by atoms with van der Waals surface area (Å²) in [5, 5.41) is 14.6. The monoisotopic (exact) mass is 377 g/mol. The lowest BCUT2D eigenvalue weighted by molar-refractivity contribution is -0.114. The largest absolute Gasteiger partial charge is 0.376 e. The molecule has 0 radical (unpaired) electrons. The third-order valence-corrected chi connectivity index (χ3v) is 3.56. The van der Waals surface area contributed by atoms with E-state index in [0.29, 0.717) is 5.56 Å². The van der Waals surface area contributed by atoms with Crippen molar-refractivity contribution in [2.24, 2.45) is 0 Å². The van der Waals surface area contributed by atoms with Gasteiger partial charge >= 0.3 is 0 Å². The van der Waals surface area contributed by atoms with Crippen LogP contribution in [0.3, 0.4) is 0 Å². The van der Waals surface area contributed by atoms with Gasteiger partial charge in [0.25, 0.3) is 0 Å². The van der Waals surface area contributed by atoms with Gasteiger partial charge in [-0.05, 0) is 59.0 Å². The molecule has 0 saturated heterocycles. The molecular weight excluding hydrogens is 365 g/mol. The molecule has 1 amide bonds. The van der Waals surface area contributed by atoms with Gasteiger partial charge in [-0.1, -0.05) is 12.1 Å². The second-order valence-electron chi connectivity index (χ2n) is 4.07. The quantitative estimate of drug-likeness (QED) is 0.805. The molecule has 20 heavy (non-hydrogen) atoms. The first-order valence-electron chi connectivity index (χ1n) is 5.97. The van der Waals surface area contributed by atoms with E-state index in [1.54, 1.807) is 24.3 Å². The Morgan fingerprint density at radius 3 is 2.50 bits per heavy atom. The predicted octanol–water partition coefficient (Wildman–Crippen LogP) is 3.21. The number of nitriles is 1. The number of rotatable bonds is 4. The van der Waals surface area contributed by atoms with Crippen LogP contribution in [0.1, 0.15) is 5.56 Å². The average Bonchev–Trinajstić information content (AvgIpc) is 2.48. The van der Waals surface area contributed by atoms with E-state index >= 15 is 0 Å². The molecule has 2 N–H and O–H groups in total. The van der Waals surface area contributed by atoms with Crippen LogP contribution in [0, 0.1) is 14.9 Å². The van der Waals surface area contributed by atoms with Crippen molar-refractivity contribution in [1.82, 2.24) is 0 Å². The summed E-state index contributed by atoms with van der Waals surface area (Å²) in [5.74, 6) is -0.113. The van der Waals surface area contributed by atoms with Gasteiger partial charge in [-0.2, -0.15) is 5.26 Å². The topological polar surface area (TPSA) is 64.9 Å². The van der Waals surface area contributed by atoms with Gasteiger partial charge < -0.3 is 10.6 Å². The van der Waals surface area contributed by atoms with Crippen molar-refractivity contribution in [3.05, 3.63) is 57.7 Å². The smallest absolute Gasteiger partial charge is 0.243 e. The molecule has 0 aliphatic carbocycles. The van der Waals surface area contributed by atoms with Crippen molar-refractivity contribution in [2.75, 3.05) is 17.2 Å². The maximum atomic E-state index is 11.8. The van der Waals surface area contributed by atoms with E-state index in [9.17, 15) is 4.79 Å². The van der Waals surface area contributed by atoms with E-state index in [4.69, 9.17) is 5.26 Å². The minimum Gasteiger partial charge on any atom is -0.376 e. The highest BCUT2D eigenvalue weighted by Crippen LogP contribution is 2.16. The number of halogens is 1. The van der Waals surface area contributed by atoms with Crippen LogP contribution in [0.15, 0.2) is 48.5 Å². The Morgan fingerprint density at radius 1 is 1.15 bits per heavy atom. The molecule has 0 fully saturated rings. The molecule has 2 aromatic carbocycles. The fraction of sp³-hybridized carbons (Fsp3) is 0.0667. The summed E-state index contributed by atoms with van der Waals surface area (Å²) in [6.45, 7) is 0.177. The number of hydrogen-bond donors (Lipinski definition) is 2. The molecule has 0 aliphatic rings. The van der Waals surface area contributed by atoms with Gasteiger partial charge in [0.05, 0.1) is 23.9 Å². The van der Waals surface area contributed by atoms with Crippen molar-refractivity contribution < 1.29 is 4.79 Å². The highest BCUT2D eigenvalue weighted by atomic mass is 127. The molecule has 0 spiro atoms. The van der Waals surface area contributed by atoms with E-state index in [1.807, 2.05) is 24.3 Å². The van der Waals surface area contributed by atoms with Crippen molar-refractivity contribution in [3.63, 3.8) is 0 Å². The van der Waals surface area contributed by atoms with Crippen LogP contribution in [-0.2, 0) is 4.79 Å². The van der Waals surface area contributed by atoms with Crippen LogP contribution in [0.4, 0.5) is 11.4 Å². The zero-order chi connectivity index (χ0) is 14.4. The van der Waals surface area contributed by atoms with Crippen molar-refractivity contribution in [1.29, 1.82) is 5.26 Å². The lowest BCUT2D eigenvalue weighted by atomic mass is 10.2. The predicted molar refractivity (Wildman–Crippen MR) is 87.4 cm³/mol. The van der Waals surface area contributed by atoms with Gasteiger partial charge in [0.2, 0.25) is 5.91 Å². The summed E-state index contributed by atoms with van der Waals surface area (Å²) in [5.41, 5.74) is 2.21. The van der Waals surface area contributed by atoms with Gasteiger partial charge in [0.15, 0.2) is 0 Å². The number of carbonyl (C=O) groups excluding carboxylic acids is 1. The summed E-state index contributed by atoms with van der Waals surface area (Å²) in [4.78, 5) is 11.8. The number of carbonyl (C=O) groups is 1. The molecule has 2 rings (SSSR count). The first-order valence-corrected chi connectivity index (χ1v) is 7.05. The summed E-state index contributed by atoms with van der Waals surface area (Å²) >= 11 is 2.18. The standard InChI is InChI=1S/C15H12IN3O/c16-13-3-1-2-4-14(13)19-15(20)10-18-12-7-5-11(9-17)6-8-12/h1-8,18H,10H2,(H,19,20). The number of anilines is 2. The maximum Gasteiger partial charge on any atom is 0.243 e. The van der Waals surface area contributed by atoms with Gasteiger partial charge in [-0.25, -0.2) is 0 Å². The van der Waals surface area contributed by atoms with Crippen LogP contribution in [0.2, 0.25) is 0 Å².